The molecule has 0 fully saturated rings. The van der Waals surface area contributed by atoms with Crippen LogP contribution in [0.15, 0.2) is 28.7 Å². The van der Waals surface area contributed by atoms with Gasteiger partial charge in [-0.15, -0.1) is 0 Å². The number of nitrogens with zero attached hydrogens (tertiary/aromatic N) is 1. The Hall–Kier alpha value is -1.00. The summed E-state index contributed by atoms with van der Waals surface area (Å²) in [6.45, 7) is 8.62. The third-order valence-electron chi connectivity index (χ3n) is 3.25. The fraction of sp³-hybridized carbons (Fsp3) is 0.375. The fourth-order valence-corrected chi connectivity index (χ4v) is 2.99. The number of halogens is 1. The van der Waals surface area contributed by atoms with Gasteiger partial charge in [0, 0.05) is 16.7 Å². The highest BCUT2D eigenvalue weighted by atomic mass is 79.9. The summed E-state index contributed by atoms with van der Waals surface area (Å²) >= 11 is 8.92. The molecule has 0 spiro atoms. The second-order valence-corrected chi connectivity index (χ2v) is 7.06. The van der Waals surface area contributed by atoms with Crippen molar-refractivity contribution in [3.05, 3.63) is 44.6 Å². The van der Waals surface area contributed by atoms with Gasteiger partial charge in [0.15, 0.2) is 0 Å². The highest BCUT2D eigenvalue weighted by Gasteiger charge is 2.20. The van der Waals surface area contributed by atoms with Crippen molar-refractivity contribution in [3.63, 3.8) is 0 Å². The Balaban J connectivity index is 2.57. The average Bonchev–Trinajstić information content (AvgIpc) is 2.40. The standard InChI is InChI=1S/C16H19BrN2S/c1-5-10-6-8-11(9-7-10)14-18-13(16(2,3)4)12(17)15(20)19-14/h6-9H,5H2,1-4H3,(H,18,19,20). The van der Waals surface area contributed by atoms with Crippen LogP contribution in [0.1, 0.15) is 39.0 Å². The number of H-pyrrole nitrogens is 1. The molecule has 1 heterocycles. The molecule has 0 unspecified atom stereocenters. The zero-order valence-electron chi connectivity index (χ0n) is 12.2. The predicted molar refractivity (Wildman–Crippen MR) is 90.6 cm³/mol. The third-order valence-corrected chi connectivity index (χ3v) is 4.58. The van der Waals surface area contributed by atoms with Crippen LogP contribution in [0.2, 0.25) is 0 Å². The monoisotopic (exact) mass is 350 g/mol. The number of nitrogens with one attached hydrogen (secondary N) is 1. The summed E-state index contributed by atoms with van der Waals surface area (Å²) in [7, 11) is 0. The van der Waals surface area contributed by atoms with Crippen molar-refractivity contribution < 1.29 is 0 Å². The molecule has 4 heteroatoms. The van der Waals surface area contributed by atoms with Crippen molar-refractivity contribution in [2.45, 2.75) is 39.5 Å². The molecule has 0 saturated heterocycles. The molecule has 0 aliphatic carbocycles. The molecule has 0 atom stereocenters. The Kier molecular flexibility index (Phi) is 4.45. The molecule has 2 nitrogen and oxygen atoms in total. The molecule has 0 radical (unpaired) electrons. The summed E-state index contributed by atoms with van der Waals surface area (Å²) < 4.78 is 1.48. The zero-order valence-corrected chi connectivity index (χ0v) is 14.7. The number of rotatable bonds is 2. The minimum absolute atomic E-state index is 0.0204. The summed E-state index contributed by atoms with van der Waals surface area (Å²) in [6, 6.07) is 8.44. The first-order valence-electron chi connectivity index (χ1n) is 6.72. The van der Waals surface area contributed by atoms with Gasteiger partial charge in [0.1, 0.15) is 10.5 Å². The molecule has 0 aliphatic heterocycles. The van der Waals surface area contributed by atoms with Crippen LogP contribution in [-0.2, 0) is 11.8 Å². The Morgan fingerprint density at radius 2 is 1.80 bits per heavy atom. The van der Waals surface area contributed by atoms with Crippen molar-refractivity contribution in [1.29, 1.82) is 0 Å². The normalized spacial score (nSPS) is 11.7. The van der Waals surface area contributed by atoms with Crippen LogP contribution in [0.4, 0.5) is 0 Å². The third kappa shape index (κ3) is 3.18. The van der Waals surface area contributed by atoms with Crippen LogP contribution in [-0.4, -0.2) is 9.97 Å². The van der Waals surface area contributed by atoms with Crippen LogP contribution in [0.3, 0.4) is 0 Å². The summed E-state index contributed by atoms with van der Waals surface area (Å²) in [5.41, 5.74) is 3.44. The van der Waals surface area contributed by atoms with Crippen molar-refractivity contribution in [3.8, 4) is 11.4 Å². The number of aromatic nitrogens is 2. The van der Waals surface area contributed by atoms with Gasteiger partial charge in [-0.25, -0.2) is 4.98 Å². The topological polar surface area (TPSA) is 28.7 Å². The SMILES string of the molecule is CCc1ccc(-c2nc(=S)c(Br)c(C(C)(C)C)[nH]2)cc1. The highest BCUT2D eigenvalue weighted by molar-refractivity contribution is 9.10. The Morgan fingerprint density at radius 3 is 2.30 bits per heavy atom. The summed E-state index contributed by atoms with van der Waals surface area (Å²) in [5.74, 6) is 0.825. The Labute approximate surface area is 133 Å². The van der Waals surface area contributed by atoms with Gasteiger partial charge in [-0.2, -0.15) is 0 Å². The maximum atomic E-state index is 5.37. The van der Waals surface area contributed by atoms with Gasteiger partial charge in [-0.3, -0.25) is 0 Å². The molecule has 0 bridgehead atoms. The van der Waals surface area contributed by atoms with Crippen molar-refractivity contribution >= 4 is 28.1 Å². The molecule has 0 aliphatic rings. The quantitative estimate of drug-likeness (QED) is 0.731. The Morgan fingerprint density at radius 1 is 1.20 bits per heavy atom. The summed E-state index contributed by atoms with van der Waals surface area (Å²) in [5, 5.41) is 0. The van der Waals surface area contributed by atoms with Crippen molar-refractivity contribution in [2.75, 3.05) is 0 Å². The van der Waals surface area contributed by atoms with Crippen LogP contribution >= 0.6 is 28.1 Å². The van der Waals surface area contributed by atoms with Crippen molar-refractivity contribution in [2.24, 2.45) is 0 Å². The van der Waals surface area contributed by atoms with Gasteiger partial charge < -0.3 is 4.98 Å². The molecular formula is C16H19BrN2S. The molecule has 0 saturated carbocycles. The van der Waals surface area contributed by atoms with E-state index in [0.717, 1.165) is 28.0 Å². The van der Waals surface area contributed by atoms with Gasteiger partial charge in [0.2, 0.25) is 0 Å². The van der Waals surface area contributed by atoms with E-state index in [-0.39, 0.29) is 5.41 Å². The van der Waals surface area contributed by atoms with E-state index in [0.29, 0.717) is 4.64 Å². The number of benzene rings is 1. The van der Waals surface area contributed by atoms with E-state index >= 15 is 0 Å². The lowest BCUT2D eigenvalue weighted by atomic mass is 9.92. The van der Waals surface area contributed by atoms with Crippen LogP contribution < -0.4 is 0 Å². The van der Waals surface area contributed by atoms with Crippen LogP contribution in [0, 0.1) is 4.64 Å². The van der Waals surface area contributed by atoms with Gasteiger partial charge >= 0.3 is 0 Å². The van der Waals surface area contributed by atoms with Gasteiger partial charge in [-0.05, 0) is 27.9 Å². The minimum Gasteiger partial charge on any atom is -0.342 e. The average molecular weight is 351 g/mol. The van der Waals surface area contributed by atoms with Crippen LogP contribution in [0.25, 0.3) is 11.4 Å². The summed E-state index contributed by atoms with van der Waals surface area (Å²) in [6.07, 6.45) is 1.04. The van der Waals surface area contributed by atoms with Gasteiger partial charge in [0.25, 0.3) is 0 Å². The second kappa shape index (κ2) is 5.78. The van der Waals surface area contributed by atoms with E-state index in [2.05, 4.69) is 77.9 Å². The number of aromatic amines is 1. The molecule has 0 amide bonds. The largest absolute Gasteiger partial charge is 0.342 e. The lowest BCUT2D eigenvalue weighted by molar-refractivity contribution is 0.563. The van der Waals surface area contributed by atoms with E-state index in [1.807, 2.05) is 0 Å². The maximum Gasteiger partial charge on any atom is 0.144 e. The molecular weight excluding hydrogens is 332 g/mol. The lowest BCUT2D eigenvalue weighted by Gasteiger charge is -2.21. The zero-order chi connectivity index (χ0) is 14.9. The predicted octanol–water partition coefficient (Wildman–Crippen LogP) is 5.43. The number of hydrogen-bond acceptors (Lipinski definition) is 2. The molecule has 1 aromatic heterocycles. The minimum atomic E-state index is -0.0204. The highest BCUT2D eigenvalue weighted by Crippen LogP contribution is 2.30. The molecule has 1 aromatic carbocycles. The molecule has 106 valence electrons. The number of aryl methyl sites for hydroxylation is 1. The molecule has 2 rings (SSSR count). The first-order valence-corrected chi connectivity index (χ1v) is 7.92. The molecule has 20 heavy (non-hydrogen) atoms. The smallest absolute Gasteiger partial charge is 0.144 e. The molecule has 1 N–H and O–H groups in total. The molecule has 2 aromatic rings. The Bertz CT molecular complexity index is 666. The second-order valence-electron chi connectivity index (χ2n) is 5.88. The van der Waals surface area contributed by atoms with Gasteiger partial charge in [-0.1, -0.05) is 64.2 Å². The first kappa shape index (κ1) is 15.4. The first-order chi connectivity index (χ1) is 9.32. The van der Waals surface area contributed by atoms with E-state index in [4.69, 9.17) is 12.2 Å². The van der Waals surface area contributed by atoms with E-state index in [9.17, 15) is 0 Å². The number of hydrogen-bond donors (Lipinski definition) is 1. The van der Waals surface area contributed by atoms with Crippen LogP contribution in [0.5, 0.6) is 0 Å². The van der Waals surface area contributed by atoms with E-state index in [1.54, 1.807) is 0 Å². The lowest BCUT2D eigenvalue weighted by Crippen LogP contribution is -2.16. The fourth-order valence-electron chi connectivity index (χ4n) is 2.01. The van der Waals surface area contributed by atoms with E-state index in [1.165, 1.54) is 5.56 Å². The maximum absolute atomic E-state index is 5.37. The van der Waals surface area contributed by atoms with Gasteiger partial charge in [0.05, 0.1) is 4.47 Å². The van der Waals surface area contributed by atoms with E-state index < -0.39 is 0 Å². The van der Waals surface area contributed by atoms with Crippen molar-refractivity contribution in [1.82, 2.24) is 9.97 Å². The summed E-state index contributed by atoms with van der Waals surface area (Å²) in [4.78, 5) is 7.91.